The van der Waals surface area contributed by atoms with Crippen LogP contribution in [0.4, 0.5) is 17.1 Å². The van der Waals surface area contributed by atoms with Gasteiger partial charge < -0.3 is 4.90 Å². The minimum atomic E-state index is 1.11. The van der Waals surface area contributed by atoms with Gasteiger partial charge >= 0.3 is 0 Å². The molecule has 1 nitrogen and oxygen atoms in total. The fraction of sp³-hybridized carbons (Fsp3) is 0. The Labute approximate surface area is 334 Å². The minimum Gasteiger partial charge on any atom is -0.311 e. The van der Waals surface area contributed by atoms with Crippen molar-refractivity contribution in [2.45, 2.75) is 0 Å². The summed E-state index contributed by atoms with van der Waals surface area (Å²) in [6.07, 6.45) is 0. The second-order valence-corrected chi connectivity index (χ2v) is 14.5. The van der Waals surface area contributed by atoms with Crippen LogP contribution in [0.15, 0.2) is 237 Å². The van der Waals surface area contributed by atoms with Gasteiger partial charge in [-0.15, -0.1) is 0 Å². The number of nitrogens with zero attached hydrogens (tertiary/aromatic N) is 1. The average molecular weight is 726 g/mol. The maximum absolute atomic E-state index is 2.34. The summed E-state index contributed by atoms with van der Waals surface area (Å²) >= 11 is 0. The zero-order valence-electron chi connectivity index (χ0n) is 31.5. The van der Waals surface area contributed by atoms with Crippen LogP contribution in [-0.2, 0) is 0 Å². The van der Waals surface area contributed by atoms with Crippen molar-refractivity contribution in [3.8, 4) is 55.6 Å². The molecule has 0 saturated heterocycles. The van der Waals surface area contributed by atoms with E-state index in [1.165, 1.54) is 77.2 Å². The van der Waals surface area contributed by atoms with Crippen LogP contribution in [0.5, 0.6) is 0 Å². The van der Waals surface area contributed by atoms with Crippen LogP contribution in [0.3, 0.4) is 0 Å². The van der Waals surface area contributed by atoms with E-state index in [4.69, 9.17) is 0 Å². The van der Waals surface area contributed by atoms with Crippen molar-refractivity contribution in [3.63, 3.8) is 0 Å². The van der Waals surface area contributed by atoms with Crippen LogP contribution < -0.4 is 4.90 Å². The highest BCUT2D eigenvalue weighted by atomic mass is 15.1. The van der Waals surface area contributed by atoms with Gasteiger partial charge in [-0.1, -0.05) is 200 Å². The van der Waals surface area contributed by atoms with Gasteiger partial charge in [0.25, 0.3) is 0 Å². The molecular formula is C56H39N. The molecule has 0 amide bonds. The molecule has 0 aliphatic carbocycles. The van der Waals surface area contributed by atoms with Gasteiger partial charge in [0.05, 0.1) is 0 Å². The molecule has 10 aromatic carbocycles. The van der Waals surface area contributed by atoms with Crippen LogP contribution in [0.25, 0.3) is 77.2 Å². The van der Waals surface area contributed by atoms with Crippen LogP contribution in [-0.4, -0.2) is 0 Å². The summed E-state index contributed by atoms with van der Waals surface area (Å²) in [7, 11) is 0. The molecule has 0 unspecified atom stereocenters. The monoisotopic (exact) mass is 725 g/mol. The van der Waals surface area contributed by atoms with E-state index in [9.17, 15) is 0 Å². The van der Waals surface area contributed by atoms with E-state index in [0.29, 0.717) is 0 Å². The number of hydrogen-bond acceptors (Lipinski definition) is 1. The molecule has 1 heteroatoms. The molecule has 57 heavy (non-hydrogen) atoms. The number of benzene rings is 10. The molecule has 0 fully saturated rings. The summed E-state index contributed by atoms with van der Waals surface area (Å²) in [6.45, 7) is 0. The summed E-state index contributed by atoms with van der Waals surface area (Å²) in [6, 6.07) is 85.4. The Bertz CT molecular complexity index is 2950. The SMILES string of the molecule is c1ccc(-c2ccccc2-c2ccc(-c3ccc(N(c4ccccc4)c4ccc(-c5cccc6cccc(-c7cccc8ccccc78)c56)cc4)cc3)cc2)cc1. The van der Waals surface area contributed by atoms with E-state index in [1.54, 1.807) is 0 Å². The maximum Gasteiger partial charge on any atom is 0.0462 e. The summed E-state index contributed by atoms with van der Waals surface area (Å²) < 4.78 is 0. The van der Waals surface area contributed by atoms with Crippen molar-refractivity contribution in [1.82, 2.24) is 0 Å². The topological polar surface area (TPSA) is 3.24 Å². The third kappa shape index (κ3) is 6.56. The van der Waals surface area contributed by atoms with Crippen molar-refractivity contribution >= 4 is 38.6 Å². The molecule has 0 aromatic heterocycles. The number of rotatable bonds is 8. The second kappa shape index (κ2) is 15.0. The molecule has 0 N–H and O–H groups in total. The highest BCUT2D eigenvalue weighted by molar-refractivity contribution is 6.11. The Morgan fingerprint density at radius 2 is 0.596 bits per heavy atom. The normalized spacial score (nSPS) is 11.2. The van der Waals surface area contributed by atoms with Crippen LogP contribution in [0.1, 0.15) is 0 Å². The molecule has 0 heterocycles. The molecule has 0 aliphatic rings. The molecule has 0 atom stereocenters. The lowest BCUT2D eigenvalue weighted by Crippen LogP contribution is -2.09. The first-order valence-corrected chi connectivity index (χ1v) is 19.6. The maximum atomic E-state index is 2.34. The molecule has 10 aromatic rings. The van der Waals surface area contributed by atoms with E-state index in [-0.39, 0.29) is 0 Å². The highest BCUT2D eigenvalue weighted by Crippen LogP contribution is 2.41. The van der Waals surface area contributed by atoms with Crippen molar-refractivity contribution in [2.75, 3.05) is 4.90 Å². The first-order chi connectivity index (χ1) is 28.3. The Morgan fingerprint density at radius 1 is 0.211 bits per heavy atom. The third-order valence-corrected chi connectivity index (χ3v) is 11.1. The van der Waals surface area contributed by atoms with Gasteiger partial charge in [0.2, 0.25) is 0 Å². The number of anilines is 3. The van der Waals surface area contributed by atoms with E-state index >= 15 is 0 Å². The molecule has 10 rings (SSSR count). The molecule has 0 bridgehead atoms. The summed E-state index contributed by atoms with van der Waals surface area (Å²) in [5.41, 5.74) is 15.5. The zero-order chi connectivity index (χ0) is 38.0. The minimum absolute atomic E-state index is 1.11. The molecule has 0 aliphatic heterocycles. The first kappa shape index (κ1) is 34.0. The number of para-hydroxylation sites is 1. The van der Waals surface area contributed by atoms with E-state index < -0.39 is 0 Å². The van der Waals surface area contributed by atoms with Gasteiger partial charge in [0.15, 0.2) is 0 Å². The van der Waals surface area contributed by atoms with Crippen LogP contribution >= 0.6 is 0 Å². The molecule has 268 valence electrons. The van der Waals surface area contributed by atoms with Crippen molar-refractivity contribution in [2.24, 2.45) is 0 Å². The molecular weight excluding hydrogens is 687 g/mol. The van der Waals surface area contributed by atoms with Crippen molar-refractivity contribution in [3.05, 3.63) is 237 Å². The first-order valence-electron chi connectivity index (χ1n) is 19.6. The zero-order valence-corrected chi connectivity index (χ0v) is 31.5. The van der Waals surface area contributed by atoms with Gasteiger partial charge in [-0.25, -0.2) is 0 Å². The Balaban J connectivity index is 0.978. The fourth-order valence-electron chi connectivity index (χ4n) is 8.33. The average Bonchev–Trinajstić information content (AvgIpc) is 3.30. The van der Waals surface area contributed by atoms with Gasteiger partial charge in [-0.05, 0) is 114 Å². The molecule has 0 spiro atoms. The van der Waals surface area contributed by atoms with Gasteiger partial charge in [0, 0.05) is 17.1 Å². The highest BCUT2D eigenvalue weighted by Gasteiger charge is 2.16. The number of hydrogen-bond donors (Lipinski definition) is 0. The quantitative estimate of drug-likeness (QED) is 0.151. The second-order valence-electron chi connectivity index (χ2n) is 14.5. The predicted octanol–water partition coefficient (Wildman–Crippen LogP) is 15.8. The smallest absolute Gasteiger partial charge is 0.0462 e. The summed E-state index contributed by atoms with van der Waals surface area (Å²) in [5, 5.41) is 5.03. The lowest BCUT2D eigenvalue weighted by atomic mass is 9.89. The van der Waals surface area contributed by atoms with Gasteiger partial charge in [-0.3, -0.25) is 0 Å². The third-order valence-electron chi connectivity index (χ3n) is 11.1. The standard InChI is InChI=1S/C56H39N/c1-3-14-42(15-4-1)50-22-9-10-23-51(50)44-30-28-40(29-31-44)41-32-36-48(37-33-41)57(47-20-5-2-6-21-47)49-38-34-45(35-39-49)53-25-12-18-46-19-13-27-55(56(46)53)54-26-11-17-43-16-7-8-24-52(43)54/h1-39H. The lowest BCUT2D eigenvalue weighted by molar-refractivity contribution is 1.28. The van der Waals surface area contributed by atoms with Gasteiger partial charge in [-0.2, -0.15) is 0 Å². The van der Waals surface area contributed by atoms with Crippen molar-refractivity contribution < 1.29 is 0 Å². The molecule has 0 radical (unpaired) electrons. The van der Waals surface area contributed by atoms with Gasteiger partial charge in [0.1, 0.15) is 0 Å². The predicted molar refractivity (Wildman–Crippen MR) is 243 cm³/mol. The van der Waals surface area contributed by atoms with E-state index in [2.05, 4.69) is 241 Å². The fourth-order valence-corrected chi connectivity index (χ4v) is 8.33. The van der Waals surface area contributed by atoms with E-state index in [0.717, 1.165) is 17.1 Å². The largest absolute Gasteiger partial charge is 0.311 e. The Morgan fingerprint density at radius 3 is 1.25 bits per heavy atom. The summed E-state index contributed by atoms with van der Waals surface area (Å²) in [4.78, 5) is 2.34. The number of fused-ring (bicyclic) bond motifs is 2. The summed E-state index contributed by atoms with van der Waals surface area (Å²) in [5.74, 6) is 0. The Hall–Kier alpha value is -7.48. The lowest BCUT2D eigenvalue weighted by Gasteiger charge is -2.26. The van der Waals surface area contributed by atoms with Crippen LogP contribution in [0.2, 0.25) is 0 Å². The van der Waals surface area contributed by atoms with Crippen LogP contribution in [0, 0.1) is 0 Å². The van der Waals surface area contributed by atoms with E-state index in [1.807, 2.05) is 0 Å². The molecule has 0 saturated carbocycles. The Kier molecular flexibility index (Phi) is 8.95. The van der Waals surface area contributed by atoms with Crippen molar-refractivity contribution in [1.29, 1.82) is 0 Å².